The van der Waals surface area contributed by atoms with Gasteiger partial charge in [0.2, 0.25) is 0 Å². The number of hydrogen-bond donors (Lipinski definition) is 0. The van der Waals surface area contributed by atoms with Gasteiger partial charge < -0.3 is 0 Å². The molecule has 0 unspecified atom stereocenters. The summed E-state index contributed by atoms with van der Waals surface area (Å²) in [5.41, 5.74) is 1.83. The zero-order chi connectivity index (χ0) is 20.3. The second-order valence-electron chi connectivity index (χ2n) is 6.72. The van der Waals surface area contributed by atoms with Crippen LogP contribution in [0.2, 0.25) is 0 Å². The van der Waals surface area contributed by atoms with E-state index in [1.807, 2.05) is 24.3 Å². The van der Waals surface area contributed by atoms with Gasteiger partial charge in [-0.15, -0.1) is 0 Å². The van der Waals surface area contributed by atoms with Crippen LogP contribution in [-0.4, -0.2) is 0 Å². The van der Waals surface area contributed by atoms with E-state index in [0.717, 1.165) is 18.4 Å². The third kappa shape index (κ3) is 4.24. The lowest BCUT2D eigenvalue weighted by Crippen LogP contribution is -2.01. The maximum Gasteiger partial charge on any atom is 0.194 e. The first-order valence-electron chi connectivity index (χ1n) is 9.10. The van der Waals surface area contributed by atoms with Crippen molar-refractivity contribution in [2.75, 3.05) is 0 Å². The van der Waals surface area contributed by atoms with Crippen molar-refractivity contribution in [3.8, 4) is 11.1 Å². The average molecular weight is 390 g/mol. The Labute approximate surface area is 160 Å². The van der Waals surface area contributed by atoms with Crippen molar-refractivity contribution in [2.24, 2.45) is 0 Å². The first-order valence-corrected chi connectivity index (χ1v) is 9.10. The first-order chi connectivity index (χ1) is 13.4. The van der Waals surface area contributed by atoms with Gasteiger partial charge in [-0.3, -0.25) is 0 Å². The highest BCUT2D eigenvalue weighted by molar-refractivity contribution is 5.65. The van der Waals surface area contributed by atoms with Crippen LogP contribution in [0.15, 0.2) is 48.5 Å². The molecule has 0 heterocycles. The lowest BCUT2D eigenvalue weighted by atomic mass is 9.98. The maximum atomic E-state index is 14.5. The van der Waals surface area contributed by atoms with E-state index in [9.17, 15) is 22.0 Å². The quantitative estimate of drug-likeness (QED) is 0.321. The van der Waals surface area contributed by atoms with Crippen molar-refractivity contribution in [2.45, 2.75) is 32.6 Å². The monoisotopic (exact) mass is 390 g/mol. The van der Waals surface area contributed by atoms with Gasteiger partial charge in [0.25, 0.3) is 0 Å². The van der Waals surface area contributed by atoms with E-state index < -0.39 is 29.1 Å². The molecule has 0 spiro atoms. The molecule has 0 aliphatic rings. The molecule has 5 heteroatoms. The lowest BCUT2D eigenvalue weighted by Gasteiger charge is -2.10. The zero-order valence-electron chi connectivity index (χ0n) is 15.3. The molecule has 3 aromatic rings. The van der Waals surface area contributed by atoms with E-state index in [2.05, 4.69) is 6.92 Å². The van der Waals surface area contributed by atoms with Crippen LogP contribution < -0.4 is 0 Å². The number of halogens is 5. The molecule has 0 saturated carbocycles. The van der Waals surface area contributed by atoms with E-state index in [1.165, 1.54) is 17.7 Å². The summed E-state index contributed by atoms with van der Waals surface area (Å²) in [4.78, 5) is 0. The molecular formula is C23H19F5. The molecule has 0 nitrogen and oxygen atoms in total. The van der Waals surface area contributed by atoms with Gasteiger partial charge in [0.05, 0.1) is 0 Å². The Hall–Kier alpha value is -2.69. The average Bonchev–Trinajstić information content (AvgIpc) is 2.68. The maximum absolute atomic E-state index is 14.5. The normalized spacial score (nSPS) is 11.1. The zero-order valence-corrected chi connectivity index (χ0v) is 15.3. The van der Waals surface area contributed by atoms with E-state index >= 15 is 0 Å². The molecular weight excluding hydrogens is 371 g/mol. The summed E-state index contributed by atoms with van der Waals surface area (Å²) in [5, 5.41) is 0. The summed E-state index contributed by atoms with van der Waals surface area (Å²) in [5.74, 6) is -6.83. The highest BCUT2D eigenvalue weighted by Gasteiger charge is 2.18. The second kappa shape index (κ2) is 8.55. The van der Waals surface area contributed by atoms with Gasteiger partial charge in [-0.25, -0.2) is 22.0 Å². The van der Waals surface area contributed by atoms with Crippen molar-refractivity contribution < 1.29 is 22.0 Å². The highest BCUT2D eigenvalue weighted by atomic mass is 19.2. The van der Waals surface area contributed by atoms with Crippen LogP contribution in [0.5, 0.6) is 0 Å². The molecule has 3 rings (SSSR count). The molecule has 3 aromatic carbocycles. The summed E-state index contributed by atoms with van der Waals surface area (Å²) in [6.45, 7) is 2.10. The molecule has 0 saturated heterocycles. The van der Waals surface area contributed by atoms with Crippen molar-refractivity contribution in [1.29, 1.82) is 0 Å². The van der Waals surface area contributed by atoms with Crippen LogP contribution in [0.3, 0.4) is 0 Å². The summed E-state index contributed by atoms with van der Waals surface area (Å²) in [6.07, 6.45) is 2.86. The summed E-state index contributed by atoms with van der Waals surface area (Å²) in [6, 6.07) is 11.9. The van der Waals surface area contributed by atoms with Crippen molar-refractivity contribution in [1.82, 2.24) is 0 Å². The van der Waals surface area contributed by atoms with E-state index in [4.69, 9.17) is 0 Å². The van der Waals surface area contributed by atoms with Gasteiger partial charge in [-0.05, 0) is 53.6 Å². The van der Waals surface area contributed by atoms with Gasteiger partial charge in [0.15, 0.2) is 29.1 Å². The smallest absolute Gasteiger partial charge is 0.194 e. The molecule has 0 aromatic heterocycles. The largest absolute Gasteiger partial charge is 0.204 e. The molecule has 0 aliphatic heterocycles. The summed E-state index contributed by atoms with van der Waals surface area (Å²) >= 11 is 0. The fourth-order valence-electron chi connectivity index (χ4n) is 3.16. The predicted octanol–water partition coefficient (Wildman–Crippen LogP) is 6.79. The molecule has 0 fully saturated rings. The Kier molecular flexibility index (Phi) is 6.12. The Morgan fingerprint density at radius 1 is 0.607 bits per heavy atom. The van der Waals surface area contributed by atoms with E-state index in [1.54, 1.807) is 0 Å². The van der Waals surface area contributed by atoms with Crippen LogP contribution in [0.4, 0.5) is 22.0 Å². The van der Waals surface area contributed by atoms with Crippen LogP contribution in [0.25, 0.3) is 11.1 Å². The van der Waals surface area contributed by atoms with Gasteiger partial charge in [0, 0.05) is 5.56 Å². The predicted molar refractivity (Wildman–Crippen MR) is 99.5 cm³/mol. The number of benzene rings is 3. The van der Waals surface area contributed by atoms with Crippen LogP contribution in [0.1, 0.15) is 30.0 Å². The van der Waals surface area contributed by atoms with E-state index in [-0.39, 0.29) is 23.1 Å². The fraction of sp³-hybridized carbons (Fsp3) is 0.217. The van der Waals surface area contributed by atoms with Crippen molar-refractivity contribution in [3.05, 3.63) is 94.3 Å². The van der Waals surface area contributed by atoms with Gasteiger partial charge in [0.1, 0.15) is 0 Å². The van der Waals surface area contributed by atoms with Crippen LogP contribution in [0, 0.1) is 29.1 Å². The Balaban J connectivity index is 1.80. The Morgan fingerprint density at radius 3 is 1.75 bits per heavy atom. The van der Waals surface area contributed by atoms with Crippen molar-refractivity contribution in [3.63, 3.8) is 0 Å². The molecule has 0 aliphatic carbocycles. The molecule has 0 radical (unpaired) electrons. The Morgan fingerprint density at radius 2 is 1.18 bits per heavy atom. The second-order valence-corrected chi connectivity index (χ2v) is 6.72. The summed E-state index contributed by atoms with van der Waals surface area (Å²) in [7, 11) is 0. The molecule has 146 valence electrons. The first kappa shape index (κ1) is 20.1. The minimum absolute atomic E-state index is 0.168. The molecule has 0 bridgehead atoms. The van der Waals surface area contributed by atoms with Gasteiger partial charge in [-0.1, -0.05) is 49.7 Å². The van der Waals surface area contributed by atoms with E-state index in [0.29, 0.717) is 18.6 Å². The van der Waals surface area contributed by atoms with Gasteiger partial charge >= 0.3 is 0 Å². The van der Waals surface area contributed by atoms with Crippen LogP contribution >= 0.6 is 0 Å². The minimum Gasteiger partial charge on any atom is -0.204 e. The Bertz CT molecular complexity index is 954. The summed E-state index contributed by atoms with van der Waals surface area (Å²) < 4.78 is 68.8. The molecule has 0 N–H and O–H groups in total. The standard InChI is InChI=1S/C23H19F5/c1-2-3-14-4-6-15(7-5-14)8-9-16-10-11-18(22(27)21(16)26)17-12-19(24)23(28)20(25)13-17/h4-7,10-13H,2-3,8-9H2,1H3. The fourth-order valence-corrected chi connectivity index (χ4v) is 3.16. The SMILES string of the molecule is CCCc1ccc(CCc2ccc(-c3cc(F)c(F)c(F)c3)c(F)c2F)cc1. The molecule has 28 heavy (non-hydrogen) atoms. The lowest BCUT2D eigenvalue weighted by molar-refractivity contribution is 0.447. The molecule has 0 atom stereocenters. The van der Waals surface area contributed by atoms with Gasteiger partial charge in [-0.2, -0.15) is 0 Å². The number of aryl methyl sites for hydroxylation is 3. The minimum atomic E-state index is -1.65. The van der Waals surface area contributed by atoms with Crippen molar-refractivity contribution >= 4 is 0 Å². The highest BCUT2D eigenvalue weighted by Crippen LogP contribution is 2.29. The number of hydrogen-bond acceptors (Lipinski definition) is 0. The van der Waals surface area contributed by atoms with Crippen LogP contribution in [-0.2, 0) is 19.3 Å². The topological polar surface area (TPSA) is 0 Å². The number of rotatable bonds is 6. The third-order valence-electron chi connectivity index (χ3n) is 4.70. The molecule has 0 amide bonds. The third-order valence-corrected chi connectivity index (χ3v) is 4.70.